The lowest BCUT2D eigenvalue weighted by atomic mass is 10.2. The molecule has 0 aromatic carbocycles. The molecule has 18 heavy (non-hydrogen) atoms. The zero-order valence-corrected chi connectivity index (χ0v) is 10.9. The molecule has 0 saturated heterocycles. The maximum absolute atomic E-state index is 5.48. The number of nitrogens with one attached hydrogen (secondary N) is 1. The van der Waals surface area contributed by atoms with E-state index in [1.807, 2.05) is 18.4 Å². The van der Waals surface area contributed by atoms with Crippen molar-refractivity contribution in [3.8, 4) is 11.5 Å². The third-order valence-corrected chi connectivity index (χ3v) is 2.93. The number of nitrogens with two attached hydrogens (primary N) is 1. The van der Waals surface area contributed by atoms with Gasteiger partial charge in [-0.2, -0.15) is 0 Å². The highest BCUT2D eigenvalue weighted by atomic mass is 15.3. The summed E-state index contributed by atoms with van der Waals surface area (Å²) in [4.78, 5) is 13.1. The molecule has 0 aliphatic rings. The van der Waals surface area contributed by atoms with Gasteiger partial charge in [0.15, 0.2) is 5.82 Å². The predicted octanol–water partition coefficient (Wildman–Crippen LogP) is 1.65. The van der Waals surface area contributed by atoms with Crippen LogP contribution in [-0.2, 0) is 6.54 Å². The molecule has 3 N–H and O–H groups in total. The number of aromatic nitrogens is 4. The molecule has 0 atom stereocenters. The summed E-state index contributed by atoms with van der Waals surface area (Å²) in [6, 6.07) is 0. The van der Waals surface area contributed by atoms with Crippen LogP contribution in [0.15, 0.2) is 12.5 Å². The zero-order chi connectivity index (χ0) is 13.1. The van der Waals surface area contributed by atoms with E-state index in [0.29, 0.717) is 11.6 Å². The van der Waals surface area contributed by atoms with Gasteiger partial charge in [-0.05, 0) is 20.3 Å². The van der Waals surface area contributed by atoms with E-state index in [-0.39, 0.29) is 0 Å². The standard InChI is InChI=1S/C12H18N6/c1-4-5-18-7-14-6-10(18)12-15-9(3)8(2)11(16-12)17-13/h6-7H,4-5,13H2,1-3H3,(H,15,16,17). The van der Waals surface area contributed by atoms with Gasteiger partial charge >= 0.3 is 0 Å². The molecular weight excluding hydrogens is 228 g/mol. The fraction of sp³-hybridized carbons (Fsp3) is 0.417. The number of imidazole rings is 1. The van der Waals surface area contributed by atoms with Crippen LogP contribution in [0, 0.1) is 13.8 Å². The molecule has 6 nitrogen and oxygen atoms in total. The van der Waals surface area contributed by atoms with Gasteiger partial charge < -0.3 is 9.99 Å². The van der Waals surface area contributed by atoms with Crippen LogP contribution in [0.4, 0.5) is 5.82 Å². The predicted molar refractivity (Wildman–Crippen MR) is 70.8 cm³/mol. The van der Waals surface area contributed by atoms with Crippen LogP contribution in [0.5, 0.6) is 0 Å². The van der Waals surface area contributed by atoms with Crippen molar-refractivity contribution in [3.63, 3.8) is 0 Å². The highest BCUT2D eigenvalue weighted by Gasteiger charge is 2.12. The lowest BCUT2D eigenvalue weighted by Gasteiger charge is -2.10. The first-order valence-corrected chi connectivity index (χ1v) is 5.99. The van der Waals surface area contributed by atoms with E-state index in [1.165, 1.54) is 0 Å². The summed E-state index contributed by atoms with van der Waals surface area (Å²) in [5.41, 5.74) is 5.40. The smallest absolute Gasteiger partial charge is 0.180 e. The van der Waals surface area contributed by atoms with Crippen molar-refractivity contribution >= 4 is 5.82 Å². The maximum Gasteiger partial charge on any atom is 0.180 e. The fourth-order valence-electron chi connectivity index (χ4n) is 1.81. The first-order valence-electron chi connectivity index (χ1n) is 5.99. The minimum atomic E-state index is 0.650. The summed E-state index contributed by atoms with van der Waals surface area (Å²) in [6.45, 7) is 6.91. The molecule has 6 heteroatoms. The highest BCUT2D eigenvalue weighted by Crippen LogP contribution is 2.21. The van der Waals surface area contributed by atoms with Gasteiger partial charge in [0, 0.05) is 17.8 Å². The Morgan fingerprint density at radius 1 is 1.33 bits per heavy atom. The zero-order valence-electron chi connectivity index (χ0n) is 10.9. The van der Waals surface area contributed by atoms with Crippen molar-refractivity contribution in [1.82, 2.24) is 19.5 Å². The van der Waals surface area contributed by atoms with Crippen molar-refractivity contribution in [2.75, 3.05) is 5.43 Å². The van der Waals surface area contributed by atoms with Gasteiger partial charge in [0.1, 0.15) is 11.5 Å². The van der Waals surface area contributed by atoms with Crippen molar-refractivity contribution in [1.29, 1.82) is 0 Å². The van der Waals surface area contributed by atoms with Crippen LogP contribution in [0.2, 0.25) is 0 Å². The van der Waals surface area contributed by atoms with Crippen LogP contribution >= 0.6 is 0 Å². The Labute approximate surface area is 106 Å². The number of nitrogens with zero attached hydrogens (tertiary/aromatic N) is 4. The van der Waals surface area contributed by atoms with Gasteiger partial charge in [0.2, 0.25) is 0 Å². The Morgan fingerprint density at radius 3 is 2.78 bits per heavy atom. The molecule has 0 saturated carbocycles. The average Bonchev–Trinajstić information content (AvgIpc) is 2.81. The van der Waals surface area contributed by atoms with E-state index in [1.54, 1.807) is 12.5 Å². The summed E-state index contributed by atoms with van der Waals surface area (Å²) >= 11 is 0. The number of nitrogen functional groups attached to an aromatic ring is 1. The molecule has 0 radical (unpaired) electrons. The molecule has 0 amide bonds. The lowest BCUT2D eigenvalue weighted by molar-refractivity contribution is 0.681. The highest BCUT2D eigenvalue weighted by molar-refractivity contribution is 5.55. The fourth-order valence-corrected chi connectivity index (χ4v) is 1.81. The Morgan fingerprint density at radius 2 is 2.11 bits per heavy atom. The Balaban J connectivity index is 2.50. The summed E-state index contributed by atoms with van der Waals surface area (Å²) in [6.07, 6.45) is 4.61. The molecule has 0 fully saturated rings. The van der Waals surface area contributed by atoms with Gasteiger partial charge in [-0.25, -0.2) is 20.8 Å². The largest absolute Gasteiger partial charge is 0.328 e. The van der Waals surface area contributed by atoms with E-state index >= 15 is 0 Å². The molecule has 0 bridgehead atoms. The van der Waals surface area contributed by atoms with Crippen molar-refractivity contribution in [2.45, 2.75) is 33.7 Å². The minimum Gasteiger partial charge on any atom is -0.328 e. The monoisotopic (exact) mass is 246 g/mol. The van der Waals surface area contributed by atoms with Crippen molar-refractivity contribution < 1.29 is 0 Å². The summed E-state index contributed by atoms with van der Waals surface area (Å²) < 4.78 is 2.05. The Kier molecular flexibility index (Phi) is 3.57. The second-order valence-corrected chi connectivity index (χ2v) is 4.22. The van der Waals surface area contributed by atoms with Crippen LogP contribution in [0.1, 0.15) is 24.6 Å². The normalized spacial score (nSPS) is 10.7. The van der Waals surface area contributed by atoms with Crippen LogP contribution in [-0.4, -0.2) is 19.5 Å². The molecule has 0 aliphatic carbocycles. The molecule has 2 rings (SSSR count). The molecule has 2 aromatic heterocycles. The molecule has 96 valence electrons. The lowest BCUT2D eigenvalue weighted by Crippen LogP contribution is -2.13. The minimum absolute atomic E-state index is 0.650. The number of rotatable bonds is 4. The second kappa shape index (κ2) is 5.14. The molecule has 2 aromatic rings. The van der Waals surface area contributed by atoms with Crippen LogP contribution in [0.3, 0.4) is 0 Å². The number of hydrogen-bond acceptors (Lipinski definition) is 5. The summed E-state index contributed by atoms with van der Waals surface area (Å²) in [5.74, 6) is 6.78. The van der Waals surface area contributed by atoms with E-state index < -0.39 is 0 Å². The molecule has 0 unspecified atom stereocenters. The van der Waals surface area contributed by atoms with Gasteiger partial charge in [0.25, 0.3) is 0 Å². The number of anilines is 1. The second-order valence-electron chi connectivity index (χ2n) is 4.22. The van der Waals surface area contributed by atoms with E-state index in [4.69, 9.17) is 5.84 Å². The molecule has 0 spiro atoms. The van der Waals surface area contributed by atoms with Crippen molar-refractivity contribution in [3.05, 3.63) is 23.8 Å². The van der Waals surface area contributed by atoms with Gasteiger partial charge in [0.05, 0.1) is 12.5 Å². The summed E-state index contributed by atoms with van der Waals surface area (Å²) in [7, 11) is 0. The topological polar surface area (TPSA) is 81.7 Å². The molecule has 2 heterocycles. The molecule has 0 aliphatic heterocycles. The number of hydrogen-bond donors (Lipinski definition) is 2. The van der Waals surface area contributed by atoms with Crippen LogP contribution < -0.4 is 11.3 Å². The summed E-state index contributed by atoms with van der Waals surface area (Å²) in [5, 5.41) is 0. The van der Waals surface area contributed by atoms with E-state index in [0.717, 1.165) is 29.9 Å². The van der Waals surface area contributed by atoms with Gasteiger partial charge in [-0.1, -0.05) is 6.92 Å². The van der Waals surface area contributed by atoms with Gasteiger partial charge in [-0.15, -0.1) is 0 Å². The Hall–Kier alpha value is -1.95. The average molecular weight is 246 g/mol. The number of aryl methyl sites for hydroxylation is 2. The maximum atomic E-state index is 5.48. The van der Waals surface area contributed by atoms with Gasteiger partial charge in [-0.3, -0.25) is 0 Å². The third kappa shape index (κ3) is 2.19. The van der Waals surface area contributed by atoms with Crippen molar-refractivity contribution in [2.24, 2.45) is 5.84 Å². The number of hydrazine groups is 1. The first kappa shape index (κ1) is 12.5. The van der Waals surface area contributed by atoms with Crippen LogP contribution in [0.25, 0.3) is 11.5 Å². The quantitative estimate of drug-likeness (QED) is 0.633. The molecular formula is C12H18N6. The third-order valence-electron chi connectivity index (χ3n) is 2.93. The SMILES string of the molecule is CCCn1cncc1-c1nc(C)c(C)c(NN)n1. The first-order chi connectivity index (χ1) is 8.67. The van der Waals surface area contributed by atoms with E-state index in [2.05, 4.69) is 27.3 Å². The Bertz CT molecular complexity index is 545. The van der Waals surface area contributed by atoms with E-state index in [9.17, 15) is 0 Å².